The Bertz CT molecular complexity index is 1390. The predicted octanol–water partition coefficient (Wildman–Crippen LogP) is 5.65. The molecule has 1 unspecified atom stereocenters. The lowest BCUT2D eigenvalue weighted by Gasteiger charge is -2.33. The molecule has 40 heavy (non-hydrogen) atoms. The van der Waals surface area contributed by atoms with E-state index in [2.05, 4.69) is 19.2 Å². The summed E-state index contributed by atoms with van der Waals surface area (Å²) in [5.74, 6) is -0.457. The van der Waals surface area contributed by atoms with Crippen LogP contribution in [-0.4, -0.2) is 43.8 Å². The number of hydrogen-bond donors (Lipinski definition) is 1. The fraction of sp³-hybridized carbons (Fsp3) is 0.375. The first-order chi connectivity index (χ1) is 18.9. The summed E-state index contributed by atoms with van der Waals surface area (Å²) in [6.07, 6.45) is 0.380. The molecule has 0 aliphatic carbocycles. The van der Waals surface area contributed by atoms with Gasteiger partial charge in [-0.2, -0.15) is 0 Å². The van der Waals surface area contributed by atoms with Crippen molar-refractivity contribution in [1.29, 1.82) is 0 Å². The zero-order chi connectivity index (χ0) is 29.4. The minimum Gasteiger partial charge on any atom is -0.352 e. The number of carbonyl (C=O) groups excluding carboxylic acids is 2. The maximum atomic E-state index is 14.1. The van der Waals surface area contributed by atoms with E-state index in [0.29, 0.717) is 12.1 Å². The highest BCUT2D eigenvalue weighted by molar-refractivity contribution is 7.92. The van der Waals surface area contributed by atoms with Gasteiger partial charge in [0.15, 0.2) is 0 Å². The van der Waals surface area contributed by atoms with Crippen LogP contribution in [0.4, 0.5) is 5.69 Å². The van der Waals surface area contributed by atoms with Gasteiger partial charge in [-0.1, -0.05) is 80.9 Å². The number of hydrogen-bond acceptors (Lipinski definition) is 4. The normalized spacial score (nSPS) is 12.3. The van der Waals surface area contributed by atoms with Crippen LogP contribution in [0, 0.1) is 6.92 Å². The van der Waals surface area contributed by atoms with Gasteiger partial charge < -0.3 is 10.2 Å². The van der Waals surface area contributed by atoms with Crippen molar-refractivity contribution in [2.45, 2.75) is 77.4 Å². The molecule has 0 aromatic heterocycles. The number of carbonyl (C=O) groups is 2. The van der Waals surface area contributed by atoms with Crippen molar-refractivity contribution >= 4 is 27.5 Å². The van der Waals surface area contributed by atoms with E-state index in [9.17, 15) is 18.0 Å². The number of anilines is 1. The third kappa shape index (κ3) is 7.72. The maximum absolute atomic E-state index is 14.1. The van der Waals surface area contributed by atoms with Crippen molar-refractivity contribution in [1.82, 2.24) is 10.2 Å². The fourth-order valence-corrected chi connectivity index (χ4v) is 6.02. The van der Waals surface area contributed by atoms with Crippen molar-refractivity contribution in [3.63, 3.8) is 0 Å². The Balaban J connectivity index is 2.07. The van der Waals surface area contributed by atoms with Gasteiger partial charge in [-0.15, -0.1) is 0 Å². The summed E-state index contributed by atoms with van der Waals surface area (Å²) in [4.78, 5) is 28.9. The second kappa shape index (κ2) is 13.6. The van der Waals surface area contributed by atoms with Gasteiger partial charge in [0.2, 0.25) is 11.8 Å². The van der Waals surface area contributed by atoms with Gasteiger partial charge in [-0.3, -0.25) is 13.9 Å². The van der Waals surface area contributed by atoms with Crippen LogP contribution in [0.1, 0.15) is 63.6 Å². The maximum Gasteiger partial charge on any atom is 0.264 e. The van der Waals surface area contributed by atoms with Crippen LogP contribution in [0.15, 0.2) is 83.8 Å². The zero-order valence-electron chi connectivity index (χ0n) is 24.3. The van der Waals surface area contributed by atoms with Gasteiger partial charge in [0, 0.05) is 12.6 Å². The molecule has 0 aliphatic rings. The van der Waals surface area contributed by atoms with Crippen molar-refractivity contribution in [2.24, 2.45) is 0 Å². The average molecular weight is 564 g/mol. The van der Waals surface area contributed by atoms with Gasteiger partial charge in [-0.05, 0) is 68.5 Å². The predicted molar refractivity (Wildman–Crippen MR) is 161 cm³/mol. The molecule has 3 aromatic rings. The van der Waals surface area contributed by atoms with Gasteiger partial charge in [0.25, 0.3) is 10.0 Å². The third-order valence-corrected chi connectivity index (χ3v) is 8.50. The summed E-state index contributed by atoms with van der Waals surface area (Å²) < 4.78 is 29.0. The van der Waals surface area contributed by atoms with E-state index in [1.54, 1.807) is 30.3 Å². The highest BCUT2D eigenvalue weighted by Crippen LogP contribution is 2.27. The molecular weight excluding hydrogens is 522 g/mol. The Morgan fingerprint density at radius 2 is 1.52 bits per heavy atom. The first kappa shape index (κ1) is 30.9. The van der Waals surface area contributed by atoms with Gasteiger partial charge in [0.05, 0.1) is 10.6 Å². The van der Waals surface area contributed by atoms with E-state index in [-0.39, 0.29) is 29.3 Å². The largest absolute Gasteiger partial charge is 0.352 e. The highest BCUT2D eigenvalue weighted by Gasteiger charge is 2.33. The molecule has 7 nitrogen and oxygen atoms in total. The summed E-state index contributed by atoms with van der Waals surface area (Å²) in [5, 5.41) is 2.92. The second-order valence-electron chi connectivity index (χ2n) is 10.7. The summed E-state index contributed by atoms with van der Waals surface area (Å²) in [7, 11) is -4.08. The van der Waals surface area contributed by atoms with Crippen molar-refractivity contribution in [3.8, 4) is 0 Å². The molecule has 0 aliphatic heterocycles. The van der Waals surface area contributed by atoms with Crippen LogP contribution in [0.25, 0.3) is 0 Å². The highest BCUT2D eigenvalue weighted by atomic mass is 32.2. The van der Waals surface area contributed by atoms with E-state index in [1.165, 1.54) is 17.0 Å². The van der Waals surface area contributed by atoms with Crippen LogP contribution in [0.2, 0.25) is 0 Å². The molecule has 3 rings (SSSR count). The minimum atomic E-state index is -4.08. The van der Waals surface area contributed by atoms with Gasteiger partial charge >= 0.3 is 0 Å². The third-order valence-electron chi connectivity index (χ3n) is 6.71. The molecule has 1 atom stereocenters. The molecule has 0 saturated carbocycles. The standard InChI is InChI=1S/C32H41N3O4S/c1-7-30(32(37)33-24(4)5)34(21-26-13-11-12-25(6)20-26)31(36)22-35(28-18-16-27(17-19-28)23(2)3)40(38,39)29-14-9-8-10-15-29/h8-20,23-24,30H,7,21-22H2,1-6H3,(H,33,37). The second-order valence-corrected chi connectivity index (χ2v) is 12.5. The quantitative estimate of drug-likeness (QED) is 0.309. The minimum absolute atomic E-state index is 0.0885. The number of nitrogens with one attached hydrogen (secondary N) is 1. The Labute approximate surface area is 239 Å². The lowest BCUT2D eigenvalue weighted by atomic mass is 10.0. The molecule has 8 heteroatoms. The molecule has 0 bridgehead atoms. The van der Waals surface area contributed by atoms with Crippen LogP contribution >= 0.6 is 0 Å². The molecular formula is C32H41N3O4S. The summed E-state index contributed by atoms with van der Waals surface area (Å²) in [5.41, 5.74) is 3.34. The van der Waals surface area contributed by atoms with Gasteiger partial charge in [-0.25, -0.2) is 8.42 Å². The number of benzene rings is 3. The molecule has 3 aromatic carbocycles. The Kier molecular flexibility index (Phi) is 10.5. The number of amides is 2. The molecule has 0 spiro atoms. The van der Waals surface area contributed by atoms with Crippen LogP contribution < -0.4 is 9.62 Å². The Morgan fingerprint density at radius 1 is 0.875 bits per heavy atom. The van der Waals surface area contributed by atoms with E-state index in [4.69, 9.17) is 0 Å². The van der Waals surface area contributed by atoms with E-state index >= 15 is 0 Å². The van der Waals surface area contributed by atoms with Crippen molar-refractivity contribution < 1.29 is 18.0 Å². The van der Waals surface area contributed by atoms with Crippen molar-refractivity contribution in [3.05, 3.63) is 95.6 Å². The SMILES string of the molecule is CCC(C(=O)NC(C)C)N(Cc1cccc(C)c1)C(=O)CN(c1ccc(C(C)C)cc1)S(=O)(=O)c1ccccc1. The Hall–Kier alpha value is -3.65. The van der Waals surface area contributed by atoms with Crippen LogP contribution in [0.5, 0.6) is 0 Å². The van der Waals surface area contributed by atoms with E-state index < -0.39 is 28.5 Å². The number of rotatable bonds is 12. The van der Waals surface area contributed by atoms with E-state index in [0.717, 1.165) is 21.0 Å². The summed E-state index contributed by atoms with van der Waals surface area (Å²) in [6.45, 7) is 11.4. The Morgan fingerprint density at radius 3 is 2.08 bits per heavy atom. The number of aryl methyl sites for hydroxylation is 1. The van der Waals surface area contributed by atoms with Crippen molar-refractivity contribution in [2.75, 3.05) is 10.8 Å². The first-order valence-electron chi connectivity index (χ1n) is 13.8. The number of sulfonamides is 1. The molecule has 0 saturated heterocycles. The molecule has 0 heterocycles. The molecule has 0 radical (unpaired) electrons. The molecule has 2 amide bonds. The van der Waals surface area contributed by atoms with E-state index in [1.807, 2.05) is 64.1 Å². The van der Waals surface area contributed by atoms with Gasteiger partial charge in [0.1, 0.15) is 12.6 Å². The fourth-order valence-electron chi connectivity index (χ4n) is 4.58. The lowest BCUT2D eigenvalue weighted by Crippen LogP contribution is -2.53. The topological polar surface area (TPSA) is 86.8 Å². The average Bonchev–Trinajstić information content (AvgIpc) is 2.91. The van der Waals surface area contributed by atoms with Crippen LogP contribution in [-0.2, 0) is 26.2 Å². The molecule has 214 valence electrons. The smallest absolute Gasteiger partial charge is 0.264 e. The molecule has 0 fully saturated rings. The first-order valence-corrected chi connectivity index (χ1v) is 15.2. The van der Waals surface area contributed by atoms with Crippen LogP contribution in [0.3, 0.4) is 0 Å². The lowest BCUT2D eigenvalue weighted by molar-refractivity contribution is -0.140. The summed E-state index contributed by atoms with van der Waals surface area (Å²) in [6, 6.07) is 22.2. The number of nitrogens with zero attached hydrogens (tertiary/aromatic N) is 2. The zero-order valence-corrected chi connectivity index (χ0v) is 25.1. The molecule has 1 N–H and O–H groups in total. The summed E-state index contributed by atoms with van der Waals surface area (Å²) >= 11 is 0. The monoisotopic (exact) mass is 563 g/mol.